The molecule has 41 heavy (non-hydrogen) atoms. The molecule has 0 saturated carbocycles. The summed E-state index contributed by atoms with van der Waals surface area (Å²) in [6.45, 7) is 3.87. The number of carboxylic acid groups (broad SMARTS) is 1. The number of rotatable bonds is 6. The third-order valence-electron chi connectivity index (χ3n) is 7.70. The molecular weight excluding hydrogens is 548 g/mol. The van der Waals surface area contributed by atoms with Crippen molar-refractivity contribution in [3.05, 3.63) is 65.0 Å². The van der Waals surface area contributed by atoms with E-state index in [2.05, 4.69) is 5.32 Å². The van der Waals surface area contributed by atoms with Crippen LogP contribution >= 0.6 is 0 Å². The van der Waals surface area contributed by atoms with Gasteiger partial charge in [-0.3, -0.25) is 14.4 Å². The number of aromatic carboxylic acids is 1. The third kappa shape index (κ3) is 5.70. The smallest absolute Gasteiger partial charge is 0.416 e. The average molecular weight is 579 g/mol. The van der Waals surface area contributed by atoms with Crippen molar-refractivity contribution in [3.63, 3.8) is 0 Å². The first-order valence-corrected chi connectivity index (χ1v) is 13.0. The number of hydrogen-bond acceptors (Lipinski definition) is 5. The van der Waals surface area contributed by atoms with E-state index in [1.165, 1.54) is 17.0 Å². The summed E-state index contributed by atoms with van der Waals surface area (Å²) in [4.78, 5) is 55.8. The van der Waals surface area contributed by atoms with Gasteiger partial charge in [-0.25, -0.2) is 9.18 Å². The van der Waals surface area contributed by atoms with E-state index in [0.29, 0.717) is 23.9 Å². The largest absolute Gasteiger partial charge is 0.478 e. The second-order valence-corrected chi connectivity index (χ2v) is 10.7. The zero-order chi connectivity index (χ0) is 30.3. The van der Waals surface area contributed by atoms with Crippen LogP contribution < -0.4 is 10.2 Å². The van der Waals surface area contributed by atoms with E-state index in [0.717, 1.165) is 0 Å². The maximum absolute atomic E-state index is 14.3. The Labute approximate surface area is 233 Å². The fraction of sp³-hybridized carbons (Fsp3) is 0.429. The molecule has 2 heterocycles. The Bertz CT molecular complexity index is 1350. The fourth-order valence-electron chi connectivity index (χ4n) is 5.38. The number of nitrogens with one attached hydrogen (secondary N) is 1. The normalized spacial score (nSPS) is 17.8. The summed E-state index contributed by atoms with van der Waals surface area (Å²) in [6, 6.07) is 6.53. The van der Waals surface area contributed by atoms with E-state index >= 15 is 0 Å². The highest BCUT2D eigenvalue weighted by Crippen LogP contribution is 2.39. The van der Waals surface area contributed by atoms with Gasteiger partial charge in [-0.2, -0.15) is 13.2 Å². The lowest BCUT2D eigenvalue weighted by Crippen LogP contribution is -2.60. The molecule has 1 atom stereocenters. The molecule has 9 nitrogen and oxygen atoms in total. The third-order valence-corrected chi connectivity index (χ3v) is 7.70. The van der Waals surface area contributed by atoms with Gasteiger partial charge in [0.15, 0.2) is 0 Å². The van der Waals surface area contributed by atoms with Gasteiger partial charge in [0.25, 0.3) is 5.91 Å². The minimum atomic E-state index is -4.78. The summed E-state index contributed by atoms with van der Waals surface area (Å²) in [5.74, 6) is -4.47. The lowest BCUT2D eigenvalue weighted by molar-refractivity contribution is -0.139. The molecule has 4 rings (SSSR count). The number of likely N-dealkylation sites (tertiary alicyclic amines) is 1. The van der Waals surface area contributed by atoms with Crippen LogP contribution in [0.3, 0.4) is 0 Å². The van der Waals surface area contributed by atoms with Gasteiger partial charge in [-0.15, -0.1) is 0 Å². The van der Waals surface area contributed by atoms with E-state index in [4.69, 9.17) is 0 Å². The van der Waals surface area contributed by atoms with Gasteiger partial charge in [-0.05, 0) is 61.2 Å². The SMILES string of the molecule is CC(C)C(NC(=O)c1cc(C(F)(F)F)ccc1F)C(=O)N1CCC2(CC1)C(=O)N(C)CN2c1ccc(C(=O)O)cc1. The molecule has 2 aromatic carbocycles. The van der Waals surface area contributed by atoms with Crippen LogP contribution in [0.5, 0.6) is 0 Å². The van der Waals surface area contributed by atoms with Gasteiger partial charge in [0.1, 0.15) is 17.4 Å². The summed E-state index contributed by atoms with van der Waals surface area (Å²) >= 11 is 0. The summed E-state index contributed by atoms with van der Waals surface area (Å²) in [5, 5.41) is 11.6. The van der Waals surface area contributed by atoms with Crippen molar-refractivity contribution in [2.45, 2.75) is 44.4 Å². The Kier molecular flexibility index (Phi) is 8.01. The Morgan fingerprint density at radius 1 is 1.02 bits per heavy atom. The van der Waals surface area contributed by atoms with Crippen molar-refractivity contribution in [1.29, 1.82) is 0 Å². The van der Waals surface area contributed by atoms with E-state index < -0.39 is 58.4 Å². The zero-order valence-corrected chi connectivity index (χ0v) is 22.7. The summed E-state index contributed by atoms with van der Waals surface area (Å²) in [6.07, 6.45) is -4.27. The number of hydrogen-bond donors (Lipinski definition) is 2. The topological polar surface area (TPSA) is 110 Å². The molecule has 0 aromatic heterocycles. The summed E-state index contributed by atoms with van der Waals surface area (Å²) < 4.78 is 53.7. The molecule has 0 radical (unpaired) electrons. The molecule has 13 heteroatoms. The van der Waals surface area contributed by atoms with Crippen molar-refractivity contribution < 1.29 is 41.8 Å². The van der Waals surface area contributed by atoms with E-state index in [1.54, 1.807) is 37.9 Å². The highest BCUT2D eigenvalue weighted by molar-refractivity contribution is 5.98. The van der Waals surface area contributed by atoms with Gasteiger partial charge in [-0.1, -0.05) is 13.8 Å². The van der Waals surface area contributed by atoms with Crippen molar-refractivity contribution in [2.75, 3.05) is 31.7 Å². The predicted molar refractivity (Wildman–Crippen MR) is 140 cm³/mol. The van der Waals surface area contributed by atoms with Crippen molar-refractivity contribution in [3.8, 4) is 0 Å². The Hall–Kier alpha value is -4.16. The van der Waals surface area contributed by atoms with Crippen molar-refractivity contribution in [1.82, 2.24) is 15.1 Å². The van der Waals surface area contributed by atoms with Crippen molar-refractivity contribution >= 4 is 29.4 Å². The number of carboxylic acids is 1. The van der Waals surface area contributed by atoms with Gasteiger partial charge in [0.05, 0.1) is 23.4 Å². The first-order valence-electron chi connectivity index (χ1n) is 13.0. The standard InChI is InChI=1S/C28H30F4N4O5/c1-16(2)22(33-23(37)20-14-18(28(30,31)32)6-9-21(20)29)24(38)35-12-10-27(11-13-35)26(41)34(3)15-36(27)19-7-4-17(5-8-19)25(39)40/h4-9,14,16,22H,10-13,15H2,1-3H3,(H,33,37)(H,39,40). The van der Waals surface area contributed by atoms with E-state index in [-0.39, 0.29) is 44.1 Å². The fourth-order valence-corrected chi connectivity index (χ4v) is 5.38. The van der Waals surface area contributed by atoms with Gasteiger partial charge in [0, 0.05) is 25.8 Å². The number of carbonyl (C=O) groups excluding carboxylic acids is 3. The number of carbonyl (C=O) groups is 4. The minimum Gasteiger partial charge on any atom is -0.478 e. The number of amides is 3. The molecule has 2 aliphatic rings. The minimum absolute atomic E-state index is 0.105. The van der Waals surface area contributed by atoms with Crippen LogP contribution in [0.1, 0.15) is 53.0 Å². The lowest BCUT2D eigenvalue weighted by Gasteiger charge is -2.44. The second-order valence-electron chi connectivity index (χ2n) is 10.7. The van der Waals surface area contributed by atoms with Crippen LogP contribution in [0.15, 0.2) is 42.5 Å². The molecule has 1 unspecified atom stereocenters. The van der Waals surface area contributed by atoms with Crippen LogP contribution in [0.4, 0.5) is 23.2 Å². The molecule has 0 bridgehead atoms. The van der Waals surface area contributed by atoms with Crippen LogP contribution in [0.25, 0.3) is 0 Å². The van der Waals surface area contributed by atoms with Crippen LogP contribution in [-0.4, -0.2) is 77.0 Å². The molecule has 220 valence electrons. The molecule has 2 saturated heterocycles. The Morgan fingerprint density at radius 2 is 1.63 bits per heavy atom. The summed E-state index contributed by atoms with van der Waals surface area (Å²) in [5.41, 5.74) is -2.21. The Balaban J connectivity index is 1.50. The first kappa shape index (κ1) is 29.8. The number of benzene rings is 2. The molecule has 2 aliphatic heterocycles. The molecule has 2 aromatic rings. The summed E-state index contributed by atoms with van der Waals surface area (Å²) in [7, 11) is 1.66. The number of piperidine rings is 1. The molecular formula is C28H30F4N4O5. The monoisotopic (exact) mass is 578 g/mol. The highest BCUT2D eigenvalue weighted by Gasteiger charge is 2.53. The van der Waals surface area contributed by atoms with Gasteiger partial charge in [0.2, 0.25) is 11.8 Å². The quantitative estimate of drug-likeness (QED) is 0.507. The Morgan fingerprint density at radius 3 is 2.17 bits per heavy atom. The number of nitrogens with zero attached hydrogens (tertiary/aromatic N) is 3. The molecule has 0 aliphatic carbocycles. The van der Waals surface area contributed by atoms with Gasteiger partial charge >= 0.3 is 12.1 Å². The average Bonchev–Trinajstić information content (AvgIpc) is 3.16. The molecule has 2 N–H and O–H groups in total. The molecule has 2 fully saturated rings. The predicted octanol–water partition coefficient (Wildman–Crippen LogP) is 3.59. The van der Waals surface area contributed by atoms with E-state index in [9.17, 15) is 41.8 Å². The zero-order valence-electron chi connectivity index (χ0n) is 22.7. The number of likely N-dealkylation sites (N-methyl/N-ethyl adjacent to an activating group) is 1. The maximum atomic E-state index is 14.3. The number of halogens is 4. The molecule has 3 amide bonds. The highest BCUT2D eigenvalue weighted by atomic mass is 19.4. The first-order chi connectivity index (χ1) is 19.2. The van der Waals surface area contributed by atoms with Crippen LogP contribution in [-0.2, 0) is 15.8 Å². The van der Waals surface area contributed by atoms with Crippen molar-refractivity contribution in [2.24, 2.45) is 5.92 Å². The molecule has 1 spiro atoms. The lowest BCUT2D eigenvalue weighted by atomic mass is 9.85. The van der Waals surface area contributed by atoms with Gasteiger partial charge < -0.3 is 25.1 Å². The van der Waals surface area contributed by atoms with E-state index in [1.807, 2.05) is 4.90 Å². The number of anilines is 1. The van der Waals surface area contributed by atoms with Crippen LogP contribution in [0.2, 0.25) is 0 Å². The van der Waals surface area contributed by atoms with Crippen LogP contribution in [0, 0.1) is 11.7 Å². The second kappa shape index (κ2) is 11.0. The number of alkyl halides is 3. The maximum Gasteiger partial charge on any atom is 0.416 e.